The number of allylic oxidation sites excluding steroid dienone is 1. The normalized spacial score (nSPS) is 11.4. The van der Waals surface area contributed by atoms with Crippen molar-refractivity contribution in [2.45, 2.75) is 20.8 Å². The summed E-state index contributed by atoms with van der Waals surface area (Å²) in [5, 5.41) is 5.68. The molecule has 0 radical (unpaired) electrons. The molecule has 0 aromatic heterocycles. The molecule has 0 aliphatic heterocycles. The van der Waals surface area contributed by atoms with Gasteiger partial charge in [-0.25, -0.2) is 0 Å². The number of aryl methyl sites for hydroxylation is 2. The summed E-state index contributed by atoms with van der Waals surface area (Å²) < 4.78 is 0. The molecule has 0 saturated heterocycles. The van der Waals surface area contributed by atoms with Crippen LogP contribution in [0.25, 0.3) is 5.57 Å². The summed E-state index contributed by atoms with van der Waals surface area (Å²) in [6.45, 7) is 5.82. The van der Waals surface area contributed by atoms with E-state index in [4.69, 9.17) is 0 Å². The van der Waals surface area contributed by atoms with Gasteiger partial charge in [-0.1, -0.05) is 65.7 Å². The zero-order valence-electron chi connectivity index (χ0n) is 16.8. The van der Waals surface area contributed by atoms with Crippen molar-refractivity contribution in [1.82, 2.24) is 5.32 Å². The van der Waals surface area contributed by atoms with Crippen molar-refractivity contribution in [1.29, 1.82) is 0 Å². The number of benzene rings is 3. The standard InChI is InChI=1S/C25H24N2O2/c1-17-9-13-20(14-10-17)19(3)23(27-24(28)21-7-5-4-6-8-21)25(29)26-22-15-11-18(2)12-16-22/h4-16H,1-3H3,(H,26,29)(H,27,28). The third kappa shape index (κ3) is 5.20. The van der Waals surface area contributed by atoms with E-state index in [1.54, 1.807) is 24.3 Å². The van der Waals surface area contributed by atoms with Crippen molar-refractivity contribution >= 4 is 23.1 Å². The quantitative estimate of drug-likeness (QED) is 0.601. The first-order chi connectivity index (χ1) is 13.9. The van der Waals surface area contributed by atoms with Crippen LogP contribution in [-0.2, 0) is 4.79 Å². The van der Waals surface area contributed by atoms with Crippen LogP contribution in [0.15, 0.2) is 84.6 Å². The summed E-state index contributed by atoms with van der Waals surface area (Å²) in [7, 11) is 0. The molecule has 0 atom stereocenters. The first kappa shape index (κ1) is 20.1. The van der Waals surface area contributed by atoms with Crippen LogP contribution in [0.4, 0.5) is 5.69 Å². The molecule has 0 bridgehead atoms. The van der Waals surface area contributed by atoms with Crippen LogP contribution >= 0.6 is 0 Å². The lowest BCUT2D eigenvalue weighted by atomic mass is 10.0. The molecule has 2 amide bonds. The molecule has 0 unspecified atom stereocenters. The fourth-order valence-corrected chi connectivity index (χ4v) is 2.87. The summed E-state index contributed by atoms with van der Waals surface area (Å²) >= 11 is 0. The summed E-state index contributed by atoms with van der Waals surface area (Å²) in [4.78, 5) is 25.8. The molecule has 0 aliphatic rings. The molecule has 3 aromatic carbocycles. The first-order valence-electron chi connectivity index (χ1n) is 9.46. The molecular weight excluding hydrogens is 360 g/mol. The molecule has 4 nitrogen and oxygen atoms in total. The highest BCUT2D eigenvalue weighted by Crippen LogP contribution is 2.20. The van der Waals surface area contributed by atoms with Crippen LogP contribution in [0.1, 0.15) is 34.0 Å². The second-order valence-corrected chi connectivity index (χ2v) is 7.01. The van der Waals surface area contributed by atoms with Crippen LogP contribution in [-0.4, -0.2) is 11.8 Å². The van der Waals surface area contributed by atoms with Gasteiger partial charge in [-0.15, -0.1) is 0 Å². The van der Waals surface area contributed by atoms with Crippen molar-refractivity contribution in [3.63, 3.8) is 0 Å². The highest BCUT2D eigenvalue weighted by atomic mass is 16.2. The van der Waals surface area contributed by atoms with Gasteiger partial charge in [-0.05, 0) is 56.2 Å². The summed E-state index contributed by atoms with van der Waals surface area (Å²) in [6, 6.07) is 24.2. The Morgan fingerprint density at radius 3 is 1.83 bits per heavy atom. The molecular formula is C25H24N2O2. The van der Waals surface area contributed by atoms with E-state index in [1.165, 1.54) is 0 Å². The Morgan fingerprint density at radius 2 is 1.24 bits per heavy atom. The fourth-order valence-electron chi connectivity index (χ4n) is 2.87. The minimum absolute atomic E-state index is 0.225. The summed E-state index contributed by atoms with van der Waals surface area (Å²) in [6.07, 6.45) is 0. The van der Waals surface area contributed by atoms with Crippen LogP contribution in [0, 0.1) is 13.8 Å². The van der Waals surface area contributed by atoms with Crippen LogP contribution in [0.3, 0.4) is 0 Å². The molecule has 146 valence electrons. The average molecular weight is 384 g/mol. The van der Waals surface area contributed by atoms with Gasteiger partial charge in [0.05, 0.1) is 0 Å². The van der Waals surface area contributed by atoms with E-state index >= 15 is 0 Å². The number of hydrogen-bond donors (Lipinski definition) is 2. The van der Waals surface area contributed by atoms with Crippen LogP contribution in [0.2, 0.25) is 0 Å². The van der Waals surface area contributed by atoms with Crippen LogP contribution in [0.5, 0.6) is 0 Å². The highest BCUT2D eigenvalue weighted by molar-refractivity contribution is 6.12. The number of amides is 2. The van der Waals surface area contributed by atoms with E-state index in [9.17, 15) is 9.59 Å². The molecule has 0 saturated carbocycles. The predicted molar refractivity (Wildman–Crippen MR) is 117 cm³/mol. The maximum Gasteiger partial charge on any atom is 0.272 e. The third-order valence-electron chi connectivity index (χ3n) is 4.67. The van der Waals surface area contributed by atoms with Gasteiger partial charge in [0.2, 0.25) is 0 Å². The molecule has 4 heteroatoms. The zero-order chi connectivity index (χ0) is 20.8. The minimum atomic E-state index is -0.365. The number of anilines is 1. The van der Waals surface area contributed by atoms with Gasteiger partial charge >= 0.3 is 0 Å². The summed E-state index contributed by atoms with van der Waals surface area (Å²) in [5.74, 6) is -0.692. The van der Waals surface area contributed by atoms with Gasteiger partial charge in [0.15, 0.2) is 0 Å². The lowest BCUT2D eigenvalue weighted by molar-refractivity contribution is -0.113. The molecule has 3 aromatic rings. The number of carbonyl (C=O) groups is 2. The Bertz CT molecular complexity index is 1030. The number of nitrogens with one attached hydrogen (secondary N) is 2. The second-order valence-electron chi connectivity index (χ2n) is 7.01. The van der Waals surface area contributed by atoms with Crippen molar-refractivity contribution in [3.05, 3.63) is 107 Å². The first-order valence-corrected chi connectivity index (χ1v) is 9.46. The Morgan fingerprint density at radius 1 is 0.690 bits per heavy atom. The van der Waals surface area contributed by atoms with Gasteiger partial charge in [-0.2, -0.15) is 0 Å². The lowest BCUT2D eigenvalue weighted by Gasteiger charge is -2.15. The van der Waals surface area contributed by atoms with E-state index in [0.29, 0.717) is 16.8 Å². The van der Waals surface area contributed by atoms with Crippen molar-refractivity contribution in [2.75, 3.05) is 5.32 Å². The summed E-state index contributed by atoms with van der Waals surface area (Å²) in [5.41, 5.74) is 5.18. The van der Waals surface area contributed by atoms with Gasteiger partial charge in [0.25, 0.3) is 11.8 Å². The topological polar surface area (TPSA) is 58.2 Å². The second kappa shape index (κ2) is 9.02. The fraction of sp³-hybridized carbons (Fsp3) is 0.120. The highest BCUT2D eigenvalue weighted by Gasteiger charge is 2.18. The van der Waals surface area contributed by atoms with E-state index in [1.807, 2.05) is 75.4 Å². The Kier molecular flexibility index (Phi) is 6.25. The Hall–Kier alpha value is -3.66. The average Bonchev–Trinajstić information content (AvgIpc) is 2.74. The van der Waals surface area contributed by atoms with Crippen molar-refractivity contribution < 1.29 is 9.59 Å². The van der Waals surface area contributed by atoms with E-state index in [2.05, 4.69) is 10.6 Å². The maximum absolute atomic E-state index is 13.1. The Balaban J connectivity index is 1.94. The number of carbonyl (C=O) groups excluding carboxylic acids is 2. The smallest absolute Gasteiger partial charge is 0.272 e. The molecule has 3 rings (SSSR count). The van der Waals surface area contributed by atoms with Crippen molar-refractivity contribution in [2.24, 2.45) is 0 Å². The van der Waals surface area contributed by atoms with Gasteiger partial charge < -0.3 is 10.6 Å². The molecule has 0 fully saturated rings. The van der Waals surface area contributed by atoms with E-state index in [0.717, 1.165) is 16.7 Å². The molecule has 0 spiro atoms. The molecule has 29 heavy (non-hydrogen) atoms. The Labute approximate surface area is 171 Å². The molecule has 0 aliphatic carbocycles. The molecule has 2 N–H and O–H groups in total. The van der Waals surface area contributed by atoms with Crippen molar-refractivity contribution in [3.8, 4) is 0 Å². The largest absolute Gasteiger partial charge is 0.321 e. The SMILES string of the molecule is CC(=C(NC(=O)c1ccccc1)C(=O)Nc1ccc(C)cc1)c1ccc(C)cc1. The lowest BCUT2D eigenvalue weighted by Crippen LogP contribution is -2.31. The molecule has 0 heterocycles. The number of hydrogen-bond acceptors (Lipinski definition) is 2. The van der Waals surface area contributed by atoms with Gasteiger partial charge in [-0.3, -0.25) is 9.59 Å². The van der Waals surface area contributed by atoms with Gasteiger partial charge in [0.1, 0.15) is 5.70 Å². The monoisotopic (exact) mass is 384 g/mol. The van der Waals surface area contributed by atoms with Crippen LogP contribution < -0.4 is 10.6 Å². The predicted octanol–water partition coefficient (Wildman–Crippen LogP) is 5.10. The van der Waals surface area contributed by atoms with Gasteiger partial charge in [0, 0.05) is 11.3 Å². The van der Waals surface area contributed by atoms with E-state index < -0.39 is 0 Å². The third-order valence-corrected chi connectivity index (χ3v) is 4.67. The number of rotatable bonds is 5. The zero-order valence-corrected chi connectivity index (χ0v) is 16.8. The maximum atomic E-state index is 13.1. The van der Waals surface area contributed by atoms with E-state index in [-0.39, 0.29) is 17.5 Å². The minimum Gasteiger partial charge on any atom is -0.321 e.